The minimum atomic E-state index is -0.705. The van der Waals surface area contributed by atoms with Gasteiger partial charge in [0.1, 0.15) is 13.1 Å². The first-order valence-corrected chi connectivity index (χ1v) is 9.61. The van der Waals surface area contributed by atoms with Crippen LogP contribution < -0.4 is 5.32 Å². The lowest BCUT2D eigenvalue weighted by atomic mass is 10.2. The topological polar surface area (TPSA) is 67.2 Å². The molecule has 3 rings (SSSR count). The third kappa shape index (κ3) is 4.56. The second-order valence-electron chi connectivity index (χ2n) is 7.03. The number of aryl methyl sites for hydroxylation is 1. The maximum atomic E-state index is 14.0. The van der Waals surface area contributed by atoms with E-state index in [1.807, 2.05) is 45.0 Å². The lowest BCUT2D eigenvalue weighted by molar-refractivity contribution is -0.137. The highest BCUT2D eigenvalue weighted by Crippen LogP contribution is 2.22. The Kier molecular flexibility index (Phi) is 6.17. The van der Waals surface area contributed by atoms with Crippen LogP contribution >= 0.6 is 11.6 Å². The molecule has 1 aromatic heterocycles. The molecule has 1 N–H and O–H groups in total. The quantitative estimate of drug-likeness (QED) is 0.660. The number of aromatic nitrogens is 2. The molecular formula is C21H22ClFN4O2. The number of fused-ring (bicyclic) bond motifs is 1. The summed E-state index contributed by atoms with van der Waals surface area (Å²) < 4.78 is 15.7. The molecule has 1 heterocycles. The fraction of sp³-hybridized carbons (Fsp3) is 0.286. The Labute approximate surface area is 173 Å². The Hall–Kier alpha value is -2.93. The van der Waals surface area contributed by atoms with Gasteiger partial charge in [-0.3, -0.25) is 14.3 Å². The summed E-state index contributed by atoms with van der Waals surface area (Å²) in [6.45, 7) is 5.32. The number of amides is 2. The average molecular weight is 417 g/mol. The molecule has 0 saturated carbocycles. The number of carbonyl (C=O) groups is 2. The van der Waals surface area contributed by atoms with Gasteiger partial charge in [-0.05, 0) is 39.0 Å². The van der Waals surface area contributed by atoms with E-state index in [0.29, 0.717) is 0 Å². The SMILES string of the molecule is Cc1nn(CC(=O)N(CC(=O)Nc2cccc(Cl)c2F)C(C)C)c2ccccc12. The predicted molar refractivity (Wildman–Crippen MR) is 111 cm³/mol. The number of nitrogens with one attached hydrogen (secondary N) is 1. The number of halogens is 2. The van der Waals surface area contributed by atoms with Crippen LogP contribution in [-0.2, 0) is 16.1 Å². The van der Waals surface area contributed by atoms with Crippen LogP contribution in [0.5, 0.6) is 0 Å². The van der Waals surface area contributed by atoms with Gasteiger partial charge in [-0.2, -0.15) is 5.10 Å². The van der Waals surface area contributed by atoms with Crippen molar-refractivity contribution in [3.63, 3.8) is 0 Å². The van der Waals surface area contributed by atoms with E-state index in [1.54, 1.807) is 4.68 Å². The first-order chi connectivity index (χ1) is 13.8. The molecule has 0 saturated heterocycles. The number of carbonyl (C=O) groups excluding carboxylic acids is 2. The highest BCUT2D eigenvalue weighted by atomic mass is 35.5. The van der Waals surface area contributed by atoms with Crippen molar-refractivity contribution >= 4 is 40.0 Å². The number of hydrogen-bond donors (Lipinski definition) is 1. The minimum absolute atomic E-state index is 0.00530. The van der Waals surface area contributed by atoms with E-state index in [4.69, 9.17) is 11.6 Å². The first kappa shape index (κ1) is 20.8. The highest BCUT2D eigenvalue weighted by molar-refractivity contribution is 6.31. The molecule has 0 spiro atoms. The normalized spacial score (nSPS) is 11.1. The minimum Gasteiger partial charge on any atom is -0.329 e. The van der Waals surface area contributed by atoms with Crippen LogP contribution in [0.3, 0.4) is 0 Å². The number of benzene rings is 2. The van der Waals surface area contributed by atoms with Crippen LogP contribution in [0.15, 0.2) is 42.5 Å². The molecule has 0 bridgehead atoms. The van der Waals surface area contributed by atoms with Gasteiger partial charge in [0, 0.05) is 11.4 Å². The van der Waals surface area contributed by atoms with Gasteiger partial charge in [-0.25, -0.2) is 4.39 Å². The largest absolute Gasteiger partial charge is 0.329 e. The summed E-state index contributed by atoms with van der Waals surface area (Å²) in [7, 11) is 0. The van der Waals surface area contributed by atoms with Gasteiger partial charge in [0.25, 0.3) is 0 Å². The lowest BCUT2D eigenvalue weighted by Crippen LogP contribution is -2.44. The molecule has 0 aliphatic heterocycles. The fourth-order valence-corrected chi connectivity index (χ4v) is 3.31. The molecule has 3 aromatic rings. The standard InChI is InChI=1S/C21H22ClFN4O2/c1-13(2)26(11-19(28)24-17-9-6-8-16(22)21(17)23)20(29)12-27-18-10-5-4-7-15(18)14(3)25-27/h4-10,13H,11-12H2,1-3H3,(H,24,28). The van der Waals surface area contributed by atoms with E-state index in [2.05, 4.69) is 10.4 Å². The summed E-state index contributed by atoms with van der Waals surface area (Å²) in [5.74, 6) is -1.46. The van der Waals surface area contributed by atoms with Crippen molar-refractivity contribution in [2.45, 2.75) is 33.4 Å². The number of rotatable bonds is 6. The zero-order valence-corrected chi connectivity index (χ0v) is 17.2. The van der Waals surface area contributed by atoms with Crippen molar-refractivity contribution in [1.29, 1.82) is 0 Å². The third-order valence-electron chi connectivity index (χ3n) is 4.61. The Balaban J connectivity index is 1.74. The van der Waals surface area contributed by atoms with Crippen LogP contribution in [0.2, 0.25) is 5.02 Å². The molecular weight excluding hydrogens is 395 g/mol. The van der Waals surface area contributed by atoms with Gasteiger partial charge in [0.15, 0.2) is 5.82 Å². The highest BCUT2D eigenvalue weighted by Gasteiger charge is 2.22. The number of anilines is 1. The number of nitrogens with zero attached hydrogens (tertiary/aromatic N) is 3. The molecule has 0 unspecified atom stereocenters. The molecule has 2 amide bonds. The summed E-state index contributed by atoms with van der Waals surface area (Å²) in [5.41, 5.74) is 1.67. The Bertz CT molecular complexity index is 1060. The van der Waals surface area contributed by atoms with Crippen LogP contribution in [0, 0.1) is 12.7 Å². The predicted octanol–water partition coefficient (Wildman–Crippen LogP) is 4.01. The van der Waals surface area contributed by atoms with E-state index in [1.165, 1.54) is 23.1 Å². The van der Waals surface area contributed by atoms with Crippen molar-refractivity contribution in [3.8, 4) is 0 Å². The van der Waals surface area contributed by atoms with E-state index >= 15 is 0 Å². The van der Waals surface area contributed by atoms with Gasteiger partial charge in [0.05, 0.1) is 21.9 Å². The zero-order chi connectivity index (χ0) is 21.1. The maximum absolute atomic E-state index is 14.0. The molecule has 2 aromatic carbocycles. The Morgan fingerprint density at radius 2 is 1.93 bits per heavy atom. The molecule has 6 nitrogen and oxygen atoms in total. The Morgan fingerprint density at radius 1 is 1.21 bits per heavy atom. The Morgan fingerprint density at radius 3 is 2.66 bits per heavy atom. The van der Waals surface area contributed by atoms with E-state index in [-0.39, 0.29) is 35.7 Å². The summed E-state index contributed by atoms with van der Waals surface area (Å²) in [4.78, 5) is 26.8. The van der Waals surface area contributed by atoms with Gasteiger partial charge in [-0.1, -0.05) is 35.9 Å². The van der Waals surface area contributed by atoms with Crippen LogP contribution in [0.4, 0.5) is 10.1 Å². The second kappa shape index (κ2) is 8.61. The molecule has 0 atom stereocenters. The van der Waals surface area contributed by atoms with Crippen molar-refractivity contribution in [3.05, 3.63) is 59.0 Å². The van der Waals surface area contributed by atoms with Crippen molar-refractivity contribution in [2.75, 3.05) is 11.9 Å². The van der Waals surface area contributed by atoms with E-state index in [0.717, 1.165) is 16.6 Å². The average Bonchev–Trinajstić information content (AvgIpc) is 2.99. The number of para-hydroxylation sites is 1. The summed E-state index contributed by atoms with van der Waals surface area (Å²) in [6, 6.07) is 11.8. The smallest absolute Gasteiger partial charge is 0.245 e. The monoisotopic (exact) mass is 416 g/mol. The summed E-state index contributed by atoms with van der Waals surface area (Å²) >= 11 is 5.74. The molecule has 8 heteroatoms. The molecule has 152 valence electrons. The summed E-state index contributed by atoms with van der Waals surface area (Å²) in [5, 5.41) is 7.81. The van der Waals surface area contributed by atoms with Gasteiger partial charge < -0.3 is 10.2 Å². The summed E-state index contributed by atoms with van der Waals surface area (Å²) in [6.07, 6.45) is 0. The van der Waals surface area contributed by atoms with Crippen LogP contribution in [0.25, 0.3) is 10.9 Å². The van der Waals surface area contributed by atoms with E-state index in [9.17, 15) is 14.0 Å². The van der Waals surface area contributed by atoms with Gasteiger partial charge >= 0.3 is 0 Å². The fourth-order valence-electron chi connectivity index (χ4n) is 3.14. The molecule has 0 aliphatic carbocycles. The third-order valence-corrected chi connectivity index (χ3v) is 4.90. The molecule has 0 fully saturated rings. The first-order valence-electron chi connectivity index (χ1n) is 9.23. The van der Waals surface area contributed by atoms with Crippen LogP contribution in [0.1, 0.15) is 19.5 Å². The van der Waals surface area contributed by atoms with Gasteiger partial charge in [-0.15, -0.1) is 0 Å². The molecule has 29 heavy (non-hydrogen) atoms. The lowest BCUT2D eigenvalue weighted by Gasteiger charge is -2.26. The maximum Gasteiger partial charge on any atom is 0.245 e. The van der Waals surface area contributed by atoms with Crippen molar-refractivity contribution < 1.29 is 14.0 Å². The number of hydrogen-bond acceptors (Lipinski definition) is 3. The molecule has 0 radical (unpaired) electrons. The van der Waals surface area contributed by atoms with Crippen molar-refractivity contribution in [1.82, 2.24) is 14.7 Å². The van der Waals surface area contributed by atoms with E-state index < -0.39 is 11.7 Å². The van der Waals surface area contributed by atoms with Crippen LogP contribution in [-0.4, -0.2) is 39.1 Å². The second-order valence-corrected chi connectivity index (χ2v) is 7.43. The molecule has 0 aliphatic rings. The zero-order valence-electron chi connectivity index (χ0n) is 16.4. The van der Waals surface area contributed by atoms with Crippen molar-refractivity contribution in [2.24, 2.45) is 0 Å². The van der Waals surface area contributed by atoms with Gasteiger partial charge in [0.2, 0.25) is 11.8 Å².